The normalized spacial score (nSPS) is 26.5. The van der Waals surface area contributed by atoms with E-state index in [1.54, 1.807) is 19.2 Å². The molecule has 5 unspecified atom stereocenters. The van der Waals surface area contributed by atoms with Crippen LogP contribution in [0, 0.1) is 17.7 Å². The van der Waals surface area contributed by atoms with E-state index in [2.05, 4.69) is 19.9 Å². The molecule has 7 rings (SSSR count). The number of piperidine rings is 2. The molecule has 4 heterocycles. The molecule has 3 aromatic rings. The molecule has 4 bridgehead atoms. The van der Waals surface area contributed by atoms with Crippen LogP contribution in [0.5, 0.6) is 0 Å². The first-order valence-corrected chi connectivity index (χ1v) is 11.3. The van der Waals surface area contributed by atoms with Crippen LogP contribution in [0.1, 0.15) is 28.9 Å². The van der Waals surface area contributed by atoms with E-state index >= 15 is 0 Å². The van der Waals surface area contributed by atoms with Gasteiger partial charge in [0.05, 0.1) is 35.6 Å². The highest BCUT2D eigenvalue weighted by Crippen LogP contribution is 2.62. The number of fused-ring (bicyclic) bond motifs is 1. The maximum absolute atomic E-state index is 14.9. The number of anilines is 1. The Hall–Kier alpha value is -3.63. The molecule has 5 atom stereocenters. The lowest BCUT2D eigenvalue weighted by molar-refractivity contribution is -0.141. The van der Waals surface area contributed by atoms with Crippen molar-refractivity contribution >= 4 is 11.7 Å². The van der Waals surface area contributed by atoms with Crippen molar-refractivity contribution in [1.29, 1.82) is 0 Å². The summed E-state index contributed by atoms with van der Waals surface area (Å²) in [6.45, 7) is 0. The van der Waals surface area contributed by atoms with Gasteiger partial charge in [-0.05, 0) is 37.0 Å². The molecule has 0 spiro atoms. The first kappa shape index (κ1) is 21.9. The standard InChI is InChI=1S/C24H20F4N6O/c1-33(17-11-31-16(10-32-17)24(26,27)28)21-15-7-6-12-19(21)20(12)34(15)23(35)13-4-2-5-14(25)18(13)22-29-8-3-9-30-22/h2-5,8-12,15,19-21H,6-7H2,1H3. The monoisotopic (exact) mass is 484 g/mol. The molecule has 1 amide bonds. The number of hydrogen-bond acceptors (Lipinski definition) is 6. The van der Waals surface area contributed by atoms with Gasteiger partial charge in [0.2, 0.25) is 0 Å². The third kappa shape index (κ3) is 3.35. The van der Waals surface area contributed by atoms with Gasteiger partial charge in [0, 0.05) is 31.4 Å². The quantitative estimate of drug-likeness (QED) is 0.524. The van der Waals surface area contributed by atoms with Crippen molar-refractivity contribution in [2.75, 3.05) is 11.9 Å². The van der Waals surface area contributed by atoms with Gasteiger partial charge in [0.1, 0.15) is 11.6 Å². The van der Waals surface area contributed by atoms with E-state index in [1.807, 2.05) is 9.80 Å². The van der Waals surface area contributed by atoms with E-state index in [0.29, 0.717) is 11.7 Å². The minimum absolute atomic E-state index is 0.00363. The zero-order valence-corrected chi connectivity index (χ0v) is 18.5. The first-order chi connectivity index (χ1) is 16.8. The Balaban J connectivity index is 1.32. The SMILES string of the molecule is CN(c1cnc(C(F)(F)F)cn1)C1C2C3CCC1N(C(=O)c1cccc(F)c1-c1ncccn1)C32. The number of carbonyl (C=O) groups is 1. The summed E-state index contributed by atoms with van der Waals surface area (Å²) < 4.78 is 53.6. The molecular weight excluding hydrogens is 464 g/mol. The second-order valence-corrected chi connectivity index (χ2v) is 9.18. The Morgan fingerprint density at radius 2 is 1.83 bits per heavy atom. The number of halogens is 4. The zero-order chi connectivity index (χ0) is 24.5. The molecule has 11 heteroatoms. The van der Waals surface area contributed by atoms with Crippen LogP contribution in [0.25, 0.3) is 11.4 Å². The molecule has 35 heavy (non-hydrogen) atoms. The minimum Gasteiger partial charge on any atom is -0.353 e. The van der Waals surface area contributed by atoms with Crippen molar-refractivity contribution in [3.63, 3.8) is 0 Å². The summed E-state index contributed by atoms with van der Waals surface area (Å²) in [5, 5.41) is 0. The Morgan fingerprint density at radius 1 is 1.06 bits per heavy atom. The highest BCUT2D eigenvalue weighted by atomic mass is 19.4. The smallest absolute Gasteiger partial charge is 0.353 e. The molecule has 0 radical (unpaired) electrons. The molecule has 0 N–H and O–H groups in total. The fraction of sp³-hybridized carbons (Fsp3) is 0.375. The number of nitrogens with zero attached hydrogens (tertiary/aromatic N) is 6. The van der Waals surface area contributed by atoms with Crippen LogP contribution in [-0.2, 0) is 6.18 Å². The Kier molecular flexibility index (Phi) is 4.81. The van der Waals surface area contributed by atoms with Crippen molar-refractivity contribution in [1.82, 2.24) is 24.8 Å². The highest BCUT2D eigenvalue weighted by molar-refractivity contribution is 6.01. The molecule has 2 aromatic heterocycles. The van der Waals surface area contributed by atoms with Crippen molar-refractivity contribution in [2.45, 2.75) is 37.1 Å². The lowest BCUT2D eigenvalue weighted by Crippen LogP contribution is -2.53. The fourth-order valence-electron chi connectivity index (χ4n) is 6.01. The van der Waals surface area contributed by atoms with Crippen LogP contribution in [0.15, 0.2) is 49.1 Å². The summed E-state index contributed by atoms with van der Waals surface area (Å²) in [6, 6.07) is 5.69. The Morgan fingerprint density at radius 3 is 2.51 bits per heavy atom. The second-order valence-electron chi connectivity index (χ2n) is 9.18. The van der Waals surface area contributed by atoms with Crippen LogP contribution in [0.4, 0.5) is 23.4 Å². The average molecular weight is 484 g/mol. The number of aromatic nitrogens is 4. The maximum Gasteiger partial charge on any atom is 0.434 e. The number of carbonyl (C=O) groups excluding carboxylic acids is 1. The van der Waals surface area contributed by atoms with E-state index in [1.165, 1.54) is 24.5 Å². The van der Waals surface area contributed by atoms with Gasteiger partial charge >= 0.3 is 6.18 Å². The third-order valence-corrected chi connectivity index (χ3v) is 7.45. The Bertz CT molecular complexity index is 1290. The number of alkyl halides is 3. The van der Waals surface area contributed by atoms with Crippen molar-refractivity contribution in [3.05, 3.63) is 66.1 Å². The van der Waals surface area contributed by atoms with Crippen LogP contribution in [0.2, 0.25) is 0 Å². The molecular formula is C24H20F4N6O. The molecule has 2 saturated heterocycles. The number of likely N-dealkylation sites (N-methyl/N-ethyl adjacent to an activating group) is 1. The second kappa shape index (κ2) is 7.69. The van der Waals surface area contributed by atoms with E-state index in [4.69, 9.17) is 0 Å². The predicted molar refractivity (Wildman–Crippen MR) is 117 cm³/mol. The predicted octanol–water partition coefficient (Wildman–Crippen LogP) is 3.83. The van der Waals surface area contributed by atoms with Gasteiger partial charge in [0.25, 0.3) is 5.91 Å². The maximum atomic E-state index is 14.9. The summed E-state index contributed by atoms with van der Waals surface area (Å²) in [7, 11) is 1.77. The molecule has 180 valence electrons. The molecule has 4 aliphatic rings. The van der Waals surface area contributed by atoms with Gasteiger partial charge in [-0.25, -0.2) is 24.3 Å². The van der Waals surface area contributed by atoms with Crippen molar-refractivity contribution in [3.8, 4) is 11.4 Å². The van der Waals surface area contributed by atoms with E-state index in [0.717, 1.165) is 25.2 Å². The largest absolute Gasteiger partial charge is 0.434 e. The molecule has 2 aliphatic carbocycles. The Labute approximate surface area is 197 Å². The molecule has 2 saturated carbocycles. The zero-order valence-electron chi connectivity index (χ0n) is 18.5. The number of hydrogen-bond donors (Lipinski definition) is 0. The van der Waals surface area contributed by atoms with E-state index < -0.39 is 17.7 Å². The minimum atomic E-state index is -4.56. The van der Waals surface area contributed by atoms with Crippen molar-refractivity contribution in [2.24, 2.45) is 11.8 Å². The van der Waals surface area contributed by atoms with Gasteiger partial charge in [-0.1, -0.05) is 6.07 Å². The van der Waals surface area contributed by atoms with Gasteiger partial charge in [-0.2, -0.15) is 13.2 Å². The number of benzene rings is 1. The molecule has 2 aliphatic heterocycles. The summed E-state index contributed by atoms with van der Waals surface area (Å²) in [5.74, 6) is 0.0636. The summed E-state index contributed by atoms with van der Waals surface area (Å²) >= 11 is 0. The summed E-state index contributed by atoms with van der Waals surface area (Å²) in [5.41, 5.74) is -0.785. The summed E-state index contributed by atoms with van der Waals surface area (Å²) in [6.07, 6.45) is 2.00. The van der Waals surface area contributed by atoms with Gasteiger partial charge in [-0.3, -0.25) is 4.79 Å². The van der Waals surface area contributed by atoms with Crippen LogP contribution < -0.4 is 4.90 Å². The van der Waals surface area contributed by atoms with Gasteiger partial charge in [-0.15, -0.1) is 0 Å². The molecule has 4 fully saturated rings. The number of rotatable bonds is 4. The van der Waals surface area contributed by atoms with Crippen LogP contribution >= 0.6 is 0 Å². The first-order valence-electron chi connectivity index (χ1n) is 11.3. The van der Waals surface area contributed by atoms with E-state index in [9.17, 15) is 22.4 Å². The van der Waals surface area contributed by atoms with E-state index in [-0.39, 0.29) is 46.9 Å². The molecule has 7 nitrogen and oxygen atoms in total. The molecule has 1 aromatic carbocycles. The van der Waals surface area contributed by atoms with Gasteiger partial charge in [0.15, 0.2) is 11.5 Å². The third-order valence-electron chi connectivity index (χ3n) is 7.45. The van der Waals surface area contributed by atoms with Crippen LogP contribution in [0.3, 0.4) is 0 Å². The highest BCUT2D eigenvalue weighted by Gasteiger charge is 2.71. The lowest BCUT2D eigenvalue weighted by atomic mass is 9.88. The average Bonchev–Trinajstić information content (AvgIpc) is 3.51. The lowest BCUT2D eigenvalue weighted by Gasteiger charge is -2.41. The van der Waals surface area contributed by atoms with Crippen LogP contribution in [-0.4, -0.2) is 55.9 Å². The fourth-order valence-corrected chi connectivity index (χ4v) is 6.01. The topological polar surface area (TPSA) is 75.1 Å². The summed E-state index contributed by atoms with van der Waals surface area (Å²) in [4.78, 5) is 33.3. The van der Waals surface area contributed by atoms with Gasteiger partial charge < -0.3 is 9.80 Å². The number of amides is 1. The van der Waals surface area contributed by atoms with Crippen molar-refractivity contribution < 1.29 is 22.4 Å².